The quantitative estimate of drug-likeness (QED) is 0.473. The zero-order valence-corrected chi connectivity index (χ0v) is 12.8. The number of rotatable bonds is 9. The van der Waals surface area contributed by atoms with Crippen LogP contribution >= 0.6 is 0 Å². The van der Waals surface area contributed by atoms with E-state index >= 15 is 0 Å². The molecule has 0 bridgehead atoms. The van der Waals surface area contributed by atoms with Gasteiger partial charge in [-0.3, -0.25) is 0 Å². The molecule has 0 saturated heterocycles. The lowest BCUT2D eigenvalue weighted by Crippen LogP contribution is -2.21. The van der Waals surface area contributed by atoms with E-state index in [4.69, 9.17) is 10.5 Å². The molecule has 1 rings (SSSR count). The molecule has 1 aromatic rings. The van der Waals surface area contributed by atoms with Crippen LogP contribution in [-0.4, -0.2) is 35.2 Å². The largest absolute Gasteiger partial charge is 0.399 e. The Balaban J connectivity index is 2.66. The number of nitrogens with two attached hydrogens (primary N) is 1. The summed E-state index contributed by atoms with van der Waals surface area (Å²) < 4.78 is 31.5. The van der Waals surface area contributed by atoms with E-state index in [0.29, 0.717) is 24.5 Å². The van der Waals surface area contributed by atoms with Crippen LogP contribution in [0.15, 0.2) is 23.1 Å². The maximum Gasteiger partial charge on any atom is 0.242 e. The molecule has 114 valence electrons. The maximum absolute atomic E-state index is 11.9. The van der Waals surface area contributed by atoms with Gasteiger partial charge in [-0.25, -0.2) is 13.1 Å². The van der Waals surface area contributed by atoms with E-state index in [2.05, 4.69) is 17.0 Å². The number of unbranched alkanes of at least 4 members (excludes halogenated alkanes) is 1. The summed E-state index contributed by atoms with van der Waals surface area (Å²) >= 11 is 0. The Labute approximate surface area is 120 Å². The first-order valence-corrected chi connectivity index (χ1v) is 8.14. The highest BCUT2D eigenvalue weighted by atomic mass is 32.2. The van der Waals surface area contributed by atoms with Crippen molar-refractivity contribution in [2.75, 3.05) is 37.9 Å². The molecule has 4 N–H and O–H groups in total. The molecule has 0 aliphatic rings. The summed E-state index contributed by atoms with van der Waals surface area (Å²) in [5.74, 6) is 0. The van der Waals surface area contributed by atoms with Crippen LogP contribution in [-0.2, 0) is 14.8 Å². The minimum absolute atomic E-state index is 0.147. The third-order valence-electron chi connectivity index (χ3n) is 2.77. The van der Waals surface area contributed by atoms with Crippen molar-refractivity contribution in [3.8, 4) is 0 Å². The van der Waals surface area contributed by atoms with Crippen LogP contribution < -0.4 is 15.8 Å². The van der Waals surface area contributed by atoms with E-state index in [1.165, 1.54) is 13.1 Å². The number of nitrogens with one attached hydrogen (secondary N) is 2. The van der Waals surface area contributed by atoms with Gasteiger partial charge in [0.2, 0.25) is 10.0 Å². The summed E-state index contributed by atoms with van der Waals surface area (Å²) in [6, 6.07) is 4.76. The van der Waals surface area contributed by atoms with Crippen LogP contribution in [0.1, 0.15) is 19.8 Å². The van der Waals surface area contributed by atoms with Gasteiger partial charge in [-0.2, -0.15) is 0 Å². The SMILES string of the molecule is CCCCOCCNc1ccc(N)cc1S(=O)(=O)NC. The van der Waals surface area contributed by atoms with Gasteiger partial charge in [0.15, 0.2) is 0 Å². The van der Waals surface area contributed by atoms with Crippen molar-refractivity contribution in [3.05, 3.63) is 18.2 Å². The van der Waals surface area contributed by atoms with Crippen molar-refractivity contribution in [1.29, 1.82) is 0 Å². The second-order valence-corrected chi connectivity index (χ2v) is 6.21. The first-order valence-electron chi connectivity index (χ1n) is 6.66. The molecule has 0 aromatic heterocycles. The van der Waals surface area contributed by atoms with Crippen molar-refractivity contribution in [2.45, 2.75) is 24.7 Å². The van der Waals surface area contributed by atoms with E-state index in [1.807, 2.05) is 0 Å². The predicted molar refractivity (Wildman–Crippen MR) is 81.3 cm³/mol. The molecule has 0 radical (unpaired) electrons. The van der Waals surface area contributed by atoms with Gasteiger partial charge in [-0.1, -0.05) is 13.3 Å². The minimum Gasteiger partial charge on any atom is -0.399 e. The Morgan fingerprint density at radius 3 is 2.70 bits per heavy atom. The van der Waals surface area contributed by atoms with Crippen LogP contribution in [0.2, 0.25) is 0 Å². The fourth-order valence-electron chi connectivity index (χ4n) is 1.62. The molecular weight excluding hydrogens is 278 g/mol. The number of anilines is 2. The molecule has 0 aliphatic carbocycles. The number of hydrogen-bond acceptors (Lipinski definition) is 5. The molecule has 7 heteroatoms. The van der Waals surface area contributed by atoms with Gasteiger partial charge in [-0.15, -0.1) is 0 Å². The fraction of sp³-hybridized carbons (Fsp3) is 0.538. The van der Waals surface area contributed by atoms with Gasteiger partial charge in [0.25, 0.3) is 0 Å². The van der Waals surface area contributed by atoms with E-state index < -0.39 is 10.0 Å². The Hall–Kier alpha value is -1.31. The lowest BCUT2D eigenvalue weighted by molar-refractivity contribution is 0.141. The molecule has 0 unspecified atom stereocenters. The van der Waals surface area contributed by atoms with E-state index in [-0.39, 0.29) is 4.90 Å². The molecular formula is C13H23N3O3S. The fourth-order valence-corrected chi connectivity index (χ4v) is 2.56. The van der Waals surface area contributed by atoms with E-state index in [9.17, 15) is 8.42 Å². The van der Waals surface area contributed by atoms with Crippen molar-refractivity contribution >= 4 is 21.4 Å². The topological polar surface area (TPSA) is 93.4 Å². The predicted octanol–water partition coefficient (Wildman–Crippen LogP) is 1.41. The zero-order chi connectivity index (χ0) is 15.0. The molecule has 1 aromatic carbocycles. The zero-order valence-electron chi connectivity index (χ0n) is 12.0. The van der Waals surface area contributed by atoms with Gasteiger partial charge in [-0.05, 0) is 31.7 Å². The molecule has 0 amide bonds. The number of nitrogen functional groups attached to an aromatic ring is 1. The molecule has 0 atom stereocenters. The third-order valence-corrected chi connectivity index (χ3v) is 4.22. The summed E-state index contributed by atoms with van der Waals surface area (Å²) in [6.07, 6.45) is 2.12. The first kappa shape index (κ1) is 16.7. The molecule has 6 nitrogen and oxygen atoms in total. The van der Waals surface area contributed by atoms with Crippen LogP contribution in [0.5, 0.6) is 0 Å². The van der Waals surface area contributed by atoms with E-state index in [0.717, 1.165) is 19.4 Å². The number of benzene rings is 1. The van der Waals surface area contributed by atoms with Crippen molar-refractivity contribution in [3.63, 3.8) is 0 Å². The van der Waals surface area contributed by atoms with Crippen molar-refractivity contribution in [1.82, 2.24) is 4.72 Å². The van der Waals surface area contributed by atoms with Crippen molar-refractivity contribution < 1.29 is 13.2 Å². The van der Waals surface area contributed by atoms with Gasteiger partial charge in [0.1, 0.15) is 4.90 Å². The Morgan fingerprint density at radius 1 is 1.30 bits per heavy atom. The maximum atomic E-state index is 11.9. The summed E-state index contributed by atoms with van der Waals surface area (Å²) in [5, 5.41) is 3.06. The molecule has 0 saturated carbocycles. The van der Waals surface area contributed by atoms with Crippen LogP contribution in [0.3, 0.4) is 0 Å². The van der Waals surface area contributed by atoms with Crippen molar-refractivity contribution in [2.24, 2.45) is 0 Å². The van der Waals surface area contributed by atoms with Crippen LogP contribution in [0.25, 0.3) is 0 Å². The smallest absolute Gasteiger partial charge is 0.242 e. The molecule has 0 aliphatic heterocycles. The van der Waals surface area contributed by atoms with Gasteiger partial charge in [0, 0.05) is 18.8 Å². The van der Waals surface area contributed by atoms with Gasteiger partial charge in [0.05, 0.1) is 12.3 Å². The Kier molecular flexibility index (Phi) is 6.77. The van der Waals surface area contributed by atoms with Crippen LogP contribution in [0, 0.1) is 0 Å². The monoisotopic (exact) mass is 301 g/mol. The third kappa shape index (κ3) is 4.99. The summed E-state index contributed by atoms with van der Waals surface area (Å²) in [7, 11) is -2.16. The highest BCUT2D eigenvalue weighted by Gasteiger charge is 2.16. The highest BCUT2D eigenvalue weighted by molar-refractivity contribution is 7.89. The summed E-state index contributed by atoms with van der Waals surface area (Å²) in [6.45, 7) is 3.90. The number of ether oxygens (including phenoxy) is 1. The second kappa shape index (κ2) is 8.08. The standard InChI is InChI=1S/C13H23N3O3S/c1-3-4-8-19-9-7-16-12-6-5-11(14)10-13(12)20(17,18)15-2/h5-6,10,15-16H,3-4,7-9,14H2,1-2H3. The van der Waals surface area contributed by atoms with Crippen LogP contribution in [0.4, 0.5) is 11.4 Å². The molecule has 0 fully saturated rings. The Bertz CT molecular complexity index is 518. The molecule has 0 heterocycles. The second-order valence-electron chi connectivity index (χ2n) is 4.36. The summed E-state index contributed by atoms with van der Waals surface area (Å²) in [4.78, 5) is 0.147. The lowest BCUT2D eigenvalue weighted by atomic mass is 10.3. The average Bonchev–Trinajstić information content (AvgIpc) is 2.44. The minimum atomic E-state index is -3.54. The van der Waals surface area contributed by atoms with Gasteiger partial charge < -0.3 is 15.8 Å². The average molecular weight is 301 g/mol. The normalized spacial score (nSPS) is 11.5. The summed E-state index contributed by atoms with van der Waals surface area (Å²) in [5.41, 5.74) is 6.57. The molecule has 20 heavy (non-hydrogen) atoms. The highest BCUT2D eigenvalue weighted by Crippen LogP contribution is 2.23. The lowest BCUT2D eigenvalue weighted by Gasteiger charge is -2.13. The Morgan fingerprint density at radius 2 is 2.05 bits per heavy atom. The molecule has 0 spiro atoms. The number of sulfonamides is 1. The first-order chi connectivity index (χ1) is 9.51. The number of hydrogen-bond donors (Lipinski definition) is 3. The van der Waals surface area contributed by atoms with Gasteiger partial charge >= 0.3 is 0 Å². The van der Waals surface area contributed by atoms with E-state index in [1.54, 1.807) is 12.1 Å².